The maximum Gasteiger partial charge on any atom is 0.316 e. The van der Waals surface area contributed by atoms with Gasteiger partial charge in [-0.25, -0.2) is 0 Å². The Morgan fingerprint density at radius 2 is 2.08 bits per heavy atom. The van der Waals surface area contributed by atoms with Crippen molar-refractivity contribution < 1.29 is 9.53 Å². The molecule has 0 heterocycles. The summed E-state index contributed by atoms with van der Waals surface area (Å²) in [5.74, 6) is -0.164. The van der Waals surface area contributed by atoms with E-state index in [1.807, 2.05) is 6.92 Å². The molecule has 0 saturated carbocycles. The molecular weight excluding hydrogens is 232 g/mol. The Balaban J connectivity index is 3.29. The summed E-state index contributed by atoms with van der Waals surface area (Å²) in [6, 6.07) is 0. The summed E-state index contributed by atoms with van der Waals surface area (Å²) in [5, 5.41) is 0.298. The molecule has 0 rings (SSSR count). The Bertz CT molecular complexity index is 137. The van der Waals surface area contributed by atoms with Crippen molar-refractivity contribution in [1.29, 1.82) is 0 Å². The second kappa shape index (κ2) is 8.54. The second-order valence-corrected chi connectivity index (χ2v) is 3.84. The zero-order valence-corrected chi connectivity index (χ0v) is 10.1. The van der Waals surface area contributed by atoms with Gasteiger partial charge in [0.15, 0.2) is 0 Å². The third-order valence-electron chi connectivity index (χ3n) is 1.91. The normalized spacial score (nSPS) is 12.5. The van der Waals surface area contributed by atoms with Crippen LogP contribution in [0, 0.1) is 0 Å². The molecule has 1 atom stereocenters. The summed E-state index contributed by atoms with van der Waals surface area (Å²) >= 11 is 3.06. The van der Waals surface area contributed by atoms with Crippen molar-refractivity contribution in [2.45, 2.75) is 52.1 Å². The number of hydrogen-bond acceptors (Lipinski definition) is 2. The van der Waals surface area contributed by atoms with Gasteiger partial charge in [0.05, 0.1) is 6.10 Å². The molecule has 0 unspecified atom stereocenters. The molecule has 0 N–H and O–H groups in total. The van der Waals surface area contributed by atoms with Crippen LogP contribution in [0.2, 0.25) is 0 Å². The van der Waals surface area contributed by atoms with E-state index in [9.17, 15) is 4.79 Å². The van der Waals surface area contributed by atoms with Crippen molar-refractivity contribution in [1.82, 2.24) is 0 Å². The van der Waals surface area contributed by atoms with Gasteiger partial charge in [-0.15, -0.1) is 0 Å². The van der Waals surface area contributed by atoms with Crippen LogP contribution in [0.1, 0.15) is 46.0 Å². The number of ether oxygens (including phenoxy) is 1. The van der Waals surface area contributed by atoms with E-state index < -0.39 is 0 Å². The number of hydrogen-bond donors (Lipinski definition) is 0. The number of alkyl halides is 1. The fourth-order valence-electron chi connectivity index (χ4n) is 1.17. The Labute approximate surface area is 89.2 Å². The second-order valence-electron chi connectivity index (χ2n) is 3.28. The predicted molar refractivity (Wildman–Crippen MR) is 58.1 cm³/mol. The van der Waals surface area contributed by atoms with Crippen LogP contribution >= 0.6 is 15.9 Å². The monoisotopic (exact) mass is 250 g/mol. The van der Waals surface area contributed by atoms with Gasteiger partial charge >= 0.3 is 5.97 Å². The van der Waals surface area contributed by atoms with Gasteiger partial charge in [0.25, 0.3) is 0 Å². The molecule has 0 aromatic heterocycles. The topological polar surface area (TPSA) is 26.3 Å². The first-order chi connectivity index (χ1) is 6.20. The highest BCUT2D eigenvalue weighted by Gasteiger charge is 2.06. The fraction of sp³-hybridized carbons (Fsp3) is 0.900. The van der Waals surface area contributed by atoms with Crippen LogP contribution in [0.3, 0.4) is 0 Å². The number of carbonyl (C=O) groups excluding carboxylic acids is 1. The van der Waals surface area contributed by atoms with Crippen molar-refractivity contribution in [3.63, 3.8) is 0 Å². The summed E-state index contributed by atoms with van der Waals surface area (Å²) in [6.07, 6.45) is 5.98. The molecule has 0 aliphatic rings. The zero-order valence-electron chi connectivity index (χ0n) is 8.51. The molecule has 0 bridgehead atoms. The first-order valence-corrected chi connectivity index (χ1v) is 6.08. The lowest BCUT2D eigenvalue weighted by atomic mass is 10.1. The molecule has 78 valence electrons. The van der Waals surface area contributed by atoms with Crippen LogP contribution in [0.25, 0.3) is 0 Å². The highest BCUT2D eigenvalue weighted by atomic mass is 79.9. The van der Waals surface area contributed by atoms with Gasteiger partial charge < -0.3 is 4.74 Å². The Morgan fingerprint density at radius 1 is 1.38 bits per heavy atom. The number of esters is 1. The van der Waals surface area contributed by atoms with E-state index in [1.54, 1.807) is 0 Å². The quantitative estimate of drug-likeness (QED) is 0.394. The van der Waals surface area contributed by atoms with Crippen molar-refractivity contribution in [2.75, 3.05) is 5.33 Å². The molecule has 3 heteroatoms. The van der Waals surface area contributed by atoms with Gasteiger partial charge in [-0.05, 0) is 19.8 Å². The minimum Gasteiger partial charge on any atom is -0.462 e. The minimum absolute atomic E-state index is 0.0712. The third-order valence-corrected chi connectivity index (χ3v) is 2.36. The molecule has 2 nitrogen and oxygen atoms in total. The maximum atomic E-state index is 10.8. The van der Waals surface area contributed by atoms with Crippen molar-refractivity contribution in [3.8, 4) is 0 Å². The van der Waals surface area contributed by atoms with Crippen molar-refractivity contribution >= 4 is 21.9 Å². The maximum absolute atomic E-state index is 10.8. The number of carbonyl (C=O) groups is 1. The van der Waals surface area contributed by atoms with Crippen LogP contribution in [0.4, 0.5) is 0 Å². The van der Waals surface area contributed by atoms with Crippen molar-refractivity contribution in [2.24, 2.45) is 0 Å². The van der Waals surface area contributed by atoms with E-state index >= 15 is 0 Å². The Hall–Kier alpha value is -0.0500. The highest BCUT2D eigenvalue weighted by molar-refractivity contribution is 9.09. The highest BCUT2D eigenvalue weighted by Crippen LogP contribution is 2.08. The Kier molecular flexibility index (Phi) is 8.51. The molecule has 0 aromatic rings. The van der Waals surface area contributed by atoms with E-state index in [1.165, 1.54) is 19.3 Å². The SMILES string of the molecule is CCCCCC[C@@H](C)OC(=O)CBr. The van der Waals surface area contributed by atoms with Gasteiger partial charge in [0.2, 0.25) is 0 Å². The largest absolute Gasteiger partial charge is 0.462 e. The summed E-state index contributed by atoms with van der Waals surface area (Å²) in [6.45, 7) is 4.14. The van der Waals surface area contributed by atoms with Crippen LogP contribution in [0.15, 0.2) is 0 Å². The minimum atomic E-state index is -0.164. The number of rotatable bonds is 7. The third kappa shape index (κ3) is 8.28. The average molecular weight is 251 g/mol. The van der Waals surface area contributed by atoms with Crippen LogP contribution in [-0.4, -0.2) is 17.4 Å². The van der Waals surface area contributed by atoms with E-state index in [4.69, 9.17) is 4.74 Å². The standard InChI is InChI=1S/C10H19BrO2/c1-3-4-5-6-7-9(2)13-10(12)8-11/h9H,3-8H2,1-2H3/t9-/m1/s1. The molecule has 0 spiro atoms. The lowest BCUT2D eigenvalue weighted by molar-refractivity contribution is -0.145. The lowest BCUT2D eigenvalue weighted by Crippen LogP contribution is -2.15. The van der Waals surface area contributed by atoms with Crippen LogP contribution in [-0.2, 0) is 9.53 Å². The van der Waals surface area contributed by atoms with E-state index in [0.29, 0.717) is 5.33 Å². The first kappa shape index (κ1) is 12.9. The number of halogens is 1. The smallest absolute Gasteiger partial charge is 0.316 e. The molecule has 13 heavy (non-hydrogen) atoms. The lowest BCUT2D eigenvalue weighted by Gasteiger charge is -2.11. The summed E-state index contributed by atoms with van der Waals surface area (Å²) < 4.78 is 5.09. The van der Waals surface area contributed by atoms with E-state index in [0.717, 1.165) is 12.8 Å². The summed E-state index contributed by atoms with van der Waals surface area (Å²) in [5.41, 5.74) is 0. The summed E-state index contributed by atoms with van der Waals surface area (Å²) in [4.78, 5) is 10.8. The van der Waals surface area contributed by atoms with Gasteiger partial charge in [0.1, 0.15) is 5.33 Å². The van der Waals surface area contributed by atoms with Gasteiger partial charge in [-0.1, -0.05) is 42.1 Å². The van der Waals surface area contributed by atoms with E-state index in [2.05, 4.69) is 22.9 Å². The van der Waals surface area contributed by atoms with E-state index in [-0.39, 0.29) is 12.1 Å². The molecule has 0 fully saturated rings. The molecule has 0 aromatic carbocycles. The van der Waals surface area contributed by atoms with Crippen LogP contribution < -0.4 is 0 Å². The van der Waals surface area contributed by atoms with Gasteiger partial charge in [-0.2, -0.15) is 0 Å². The average Bonchev–Trinajstić information content (AvgIpc) is 2.12. The molecule has 0 radical (unpaired) electrons. The molecule has 0 amide bonds. The zero-order chi connectivity index (χ0) is 10.1. The summed E-state index contributed by atoms with van der Waals surface area (Å²) in [7, 11) is 0. The van der Waals surface area contributed by atoms with Crippen molar-refractivity contribution in [3.05, 3.63) is 0 Å². The fourth-order valence-corrected chi connectivity index (χ4v) is 1.31. The first-order valence-electron chi connectivity index (χ1n) is 4.96. The Morgan fingerprint density at radius 3 is 2.62 bits per heavy atom. The molecule has 0 saturated heterocycles. The molecule has 0 aliphatic carbocycles. The van der Waals surface area contributed by atoms with Crippen LogP contribution in [0.5, 0.6) is 0 Å². The number of unbranched alkanes of at least 4 members (excludes halogenated alkanes) is 3. The molecule has 0 aliphatic heterocycles. The van der Waals surface area contributed by atoms with Gasteiger partial charge in [0, 0.05) is 0 Å². The van der Waals surface area contributed by atoms with Gasteiger partial charge in [-0.3, -0.25) is 4.79 Å². The molecular formula is C10H19BrO2. The predicted octanol–water partition coefficient (Wildman–Crippen LogP) is 3.28.